The van der Waals surface area contributed by atoms with E-state index in [0.29, 0.717) is 22.8 Å². The number of nitrogens with zero attached hydrogens (tertiary/aromatic N) is 1. The number of carbonyl (C=O) groups excluding carboxylic acids is 2. The molecule has 2 rings (SSSR count). The molecule has 0 fully saturated rings. The van der Waals surface area contributed by atoms with Crippen LogP contribution < -0.4 is 14.2 Å². The molecule has 2 aromatic rings. The molecule has 0 N–H and O–H groups in total. The molecule has 0 saturated heterocycles. The molecule has 0 radical (unpaired) electrons. The maximum Gasteiger partial charge on any atom is 0.338 e. The highest BCUT2D eigenvalue weighted by Gasteiger charge is 2.18. The Morgan fingerprint density at radius 1 is 0.923 bits per heavy atom. The van der Waals surface area contributed by atoms with Gasteiger partial charge in [-0.2, -0.15) is 5.26 Å². The zero-order chi connectivity index (χ0) is 19.1. The number of nitriles is 1. The van der Waals surface area contributed by atoms with Crippen LogP contribution in [0.2, 0.25) is 0 Å². The number of methoxy groups -OCH3 is 3. The van der Waals surface area contributed by atoms with Gasteiger partial charge in [-0.05, 0) is 36.4 Å². The first-order valence-electron chi connectivity index (χ1n) is 7.54. The Bertz CT molecular complexity index is 826. The van der Waals surface area contributed by atoms with E-state index in [1.54, 1.807) is 0 Å². The fourth-order valence-corrected chi connectivity index (χ4v) is 2.22. The van der Waals surface area contributed by atoms with Crippen LogP contribution in [0.1, 0.15) is 26.3 Å². The summed E-state index contributed by atoms with van der Waals surface area (Å²) in [7, 11) is 4.34. The SMILES string of the molecule is COc1cc(C(=O)COC(=O)c2ccc(C#N)cc2)cc(OC)c1OC. The highest BCUT2D eigenvalue weighted by molar-refractivity contribution is 6.00. The molecular weight excluding hydrogens is 338 g/mol. The number of hydrogen-bond acceptors (Lipinski definition) is 7. The average molecular weight is 355 g/mol. The molecule has 0 amide bonds. The molecule has 0 aliphatic heterocycles. The molecular formula is C19H17NO6. The van der Waals surface area contributed by atoms with E-state index in [1.165, 1.54) is 57.7 Å². The number of carbonyl (C=O) groups is 2. The molecule has 7 heteroatoms. The van der Waals surface area contributed by atoms with Crippen LogP contribution >= 0.6 is 0 Å². The lowest BCUT2D eigenvalue weighted by Gasteiger charge is -2.13. The fraction of sp³-hybridized carbons (Fsp3) is 0.211. The van der Waals surface area contributed by atoms with Crippen molar-refractivity contribution in [3.8, 4) is 23.3 Å². The summed E-state index contributed by atoms with van der Waals surface area (Å²) in [5, 5.41) is 8.75. The molecule has 0 spiro atoms. The van der Waals surface area contributed by atoms with Crippen molar-refractivity contribution in [1.29, 1.82) is 5.26 Å². The summed E-state index contributed by atoms with van der Waals surface area (Å²) in [5.41, 5.74) is 0.934. The van der Waals surface area contributed by atoms with Crippen molar-refractivity contribution in [3.63, 3.8) is 0 Å². The Kier molecular flexibility index (Phi) is 6.17. The predicted molar refractivity (Wildman–Crippen MR) is 91.9 cm³/mol. The lowest BCUT2D eigenvalue weighted by molar-refractivity contribution is 0.0474. The first-order valence-corrected chi connectivity index (χ1v) is 7.54. The van der Waals surface area contributed by atoms with Gasteiger partial charge in [0.1, 0.15) is 0 Å². The Balaban J connectivity index is 2.12. The van der Waals surface area contributed by atoms with Gasteiger partial charge in [-0.15, -0.1) is 0 Å². The smallest absolute Gasteiger partial charge is 0.338 e. The molecule has 0 bridgehead atoms. The lowest BCUT2D eigenvalue weighted by atomic mass is 10.1. The van der Waals surface area contributed by atoms with E-state index in [-0.39, 0.29) is 11.1 Å². The second-order valence-corrected chi connectivity index (χ2v) is 5.10. The Morgan fingerprint density at radius 3 is 1.96 bits per heavy atom. The summed E-state index contributed by atoms with van der Waals surface area (Å²) >= 11 is 0. The first-order chi connectivity index (χ1) is 12.5. The molecule has 0 aliphatic carbocycles. The minimum Gasteiger partial charge on any atom is -0.493 e. The third kappa shape index (κ3) is 4.11. The Labute approximate surface area is 150 Å². The molecule has 2 aromatic carbocycles. The molecule has 0 unspecified atom stereocenters. The summed E-state index contributed by atoms with van der Waals surface area (Å²) in [6, 6.07) is 10.8. The topological polar surface area (TPSA) is 94.9 Å². The van der Waals surface area contributed by atoms with E-state index in [0.717, 1.165) is 0 Å². The summed E-state index contributed by atoms with van der Waals surface area (Å²) in [6.07, 6.45) is 0. The summed E-state index contributed by atoms with van der Waals surface area (Å²) in [6.45, 7) is -0.447. The molecule has 0 atom stereocenters. The van der Waals surface area contributed by atoms with Gasteiger partial charge in [0.25, 0.3) is 0 Å². The third-order valence-electron chi connectivity index (χ3n) is 3.57. The van der Waals surface area contributed by atoms with Crippen molar-refractivity contribution >= 4 is 11.8 Å². The van der Waals surface area contributed by atoms with Gasteiger partial charge in [0, 0.05) is 5.56 Å². The van der Waals surface area contributed by atoms with Gasteiger partial charge >= 0.3 is 5.97 Å². The fourth-order valence-electron chi connectivity index (χ4n) is 2.22. The maximum atomic E-state index is 12.3. The number of ketones is 1. The zero-order valence-corrected chi connectivity index (χ0v) is 14.6. The van der Waals surface area contributed by atoms with Crippen molar-refractivity contribution < 1.29 is 28.5 Å². The van der Waals surface area contributed by atoms with Gasteiger partial charge in [-0.1, -0.05) is 0 Å². The van der Waals surface area contributed by atoms with Gasteiger partial charge in [-0.25, -0.2) is 4.79 Å². The molecule has 134 valence electrons. The van der Waals surface area contributed by atoms with Crippen molar-refractivity contribution in [3.05, 3.63) is 53.1 Å². The number of esters is 1. The van der Waals surface area contributed by atoms with Crippen LogP contribution in [-0.2, 0) is 4.74 Å². The van der Waals surface area contributed by atoms with Gasteiger partial charge < -0.3 is 18.9 Å². The molecule has 0 heterocycles. The lowest BCUT2D eigenvalue weighted by Crippen LogP contribution is -2.14. The van der Waals surface area contributed by atoms with E-state index in [9.17, 15) is 9.59 Å². The van der Waals surface area contributed by atoms with E-state index >= 15 is 0 Å². The van der Waals surface area contributed by atoms with Gasteiger partial charge in [0.05, 0.1) is 38.5 Å². The third-order valence-corrected chi connectivity index (χ3v) is 3.57. The van der Waals surface area contributed by atoms with Crippen LogP contribution in [0.5, 0.6) is 17.2 Å². The molecule has 7 nitrogen and oxygen atoms in total. The largest absolute Gasteiger partial charge is 0.493 e. The second-order valence-electron chi connectivity index (χ2n) is 5.10. The highest BCUT2D eigenvalue weighted by atomic mass is 16.5. The van der Waals surface area contributed by atoms with Gasteiger partial charge in [0.15, 0.2) is 18.1 Å². The van der Waals surface area contributed by atoms with Crippen LogP contribution in [0.3, 0.4) is 0 Å². The minimum absolute atomic E-state index is 0.252. The Hall–Kier alpha value is -3.53. The van der Waals surface area contributed by atoms with E-state index in [4.69, 9.17) is 24.2 Å². The van der Waals surface area contributed by atoms with Crippen molar-refractivity contribution in [2.24, 2.45) is 0 Å². The van der Waals surface area contributed by atoms with E-state index in [2.05, 4.69) is 0 Å². The number of hydrogen-bond donors (Lipinski definition) is 0. The van der Waals surface area contributed by atoms with Gasteiger partial charge in [-0.3, -0.25) is 4.79 Å². The van der Waals surface area contributed by atoms with Crippen LogP contribution in [0.4, 0.5) is 0 Å². The van der Waals surface area contributed by atoms with Crippen LogP contribution in [0.25, 0.3) is 0 Å². The van der Waals surface area contributed by atoms with Crippen LogP contribution in [0.15, 0.2) is 36.4 Å². The molecule has 0 aliphatic rings. The Morgan fingerprint density at radius 2 is 1.50 bits per heavy atom. The minimum atomic E-state index is -0.657. The second kappa shape index (κ2) is 8.53. The zero-order valence-electron chi connectivity index (χ0n) is 14.6. The summed E-state index contributed by atoms with van der Waals surface area (Å²) < 4.78 is 20.6. The highest BCUT2D eigenvalue weighted by Crippen LogP contribution is 2.38. The number of ether oxygens (including phenoxy) is 4. The number of rotatable bonds is 7. The molecule has 0 aromatic heterocycles. The van der Waals surface area contributed by atoms with Crippen molar-refractivity contribution in [1.82, 2.24) is 0 Å². The quantitative estimate of drug-likeness (QED) is 0.556. The number of Topliss-reactive ketones (excluding diaryl/α,β-unsaturated/α-hetero) is 1. The van der Waals surface area contributed by atoms with Crippen LogP contribution in [-0.4, -0.2) is 39.7 Å². The maximum absolute atomic E-state index is 12.3. The molecule has 26 heavy (non-hydrogen) atoms. The van der Waals surface area contributed by atoms with E-state index in [1.807, 2.05) is 6.07 Å². The standard InChI is InChI=1S/C19H17NO6/c1-23-16-8-14(9-17(24-2)18(16)25-3)15(21)11-26-19(22)13-6-4-12(10-20)5-7-13/h4-9H,11H2,1-3H3. The van der Waals surface area contributed by atoms with Crippen molar-refractivity contribution in [2.45, 2.75) is 0 Å². The van der Waals surface area contributed by atoms with Gasteiger partial charge in [0.2, 0.25) is 11.5 Å². The van der Waals surface area contributed by atoms with Crippen LogP contribution in [0, 0.1) is 11.3 Å². The normalized spacial score (nSPS) is 9.77. The number of benzene rings is 2. The molecule has 0 saturated carbocycles. The average Bonchev–Trinajstić information content (AvgIpc) is 2.70. The first kappa shape index (κ1) is 18.8. The van der Waals surface area contributed by atoms with E-state index < -0.39 is 18.4 Å². The summed E-state index contributed by atoms with van der Waals surface area (Å²) in [4.78, 5) is 24.3. The summed E-state index contributed by atoms with van der Waals surface area (Å²) in [5.74, 6) is -0.0649. The monoisotopic (exact) mass is 355 g/mol. The predicted octanol–water partition coefficient (Wildman–Crippen LogP) is 2.62. The van der Waals surface area contributed by atoms with Crippen molar-refractivity contribution in [2.75, 3.05) is 27.9 Å².